The predicted octanol–water partition coefficient (Wildman–Crippen LogP) is 2.47. The summed E-state index contributed by atoms with van der Waals surface area (Å²) >= 11 is 7.31. The van der Waals surface area contributed by atoms with Crippen molar-refractivity contribution in [3.05, 3.63) is 57.3 Å². The van der Waals surface area contributed by atoms with E-state index in [1.165, 1.54) is 28.8 Å². The summed E-state index contributed by atoms with van der Waals surface area (Å²) < 4.78 is 0. The molecule has 9 heteroatoms. The monoisotopic (exact) mass is 366 g/mol. The lowest BCUT2D eigenvalue weighted by Gasteiger charge is -2.46. The molecule has 0 spiro atoms. The van der Waals surface area contributed by atoms with Gasteiger partial charge in [-0.1, -0.05) is 12.2 Å². The first-order chi connectivity index (χ1) is 11.4. The Morgan fingerprint density at radius 1 is 1.38 bits per heavy atom. The second-order valence-electron chi connectivity index (χ2n) is 5.17. The molecule has 2 aliphatic rings. The van der Waals surface area contributed by atoms with E-state index in [-0.39, 0.29) is 16.8 Å². The van der Waals surface area contributed by atoms with Crippen LogP contribution in [0.3, 0.4) is 0 Å². The Balaban J connectivity index is 1.88. The molecule has 0 aromatic heterocycles. The Hall–Kier alpha value is -2.32. The van der Waals surface area contributed by atoms with Crippen molar-refractivity contribution in [1.29, 1.82) is 0 Å². The molecule has 7 nitrogen and oxygen atoms in total. The summed E-state index contributed by atoms with van der Waals surface area (Å²) in [6.07, 6.45) is 3.27. The predicted molar refractivity (Wildman–Crippen MR) is 89.5 cm³/mol. The number of carboxylic acids is 1. The molecule has 1 fully saturated rings. The quantitative estimate of drug-likeness (QED) is 0.380. The normalized spacial score (nSPS) is 23.2. The van der Waals surface area contributed by atoms with Crippen LogP contribution in [0.1, 0.15) is 5.56 Å². The van der Waals surface area contributed by atoms with Crippen LogP contribution in [-0.4, -0.2) is 43.3 Å². The van der Waals surface area contributed by atoms with Crippen molar-refractivity contribution in [1.82, 2.24) is 4.90 Å². The maximum Gasteiger partial charge on any atom is 0.352 e. The highest BCUT2D eigenvalue weighted by atomic mass is 35.5. The molecule has 0 bridgehead atoms. The molecular formula is C15H11ClN2O5S. The summed E-state index contributed by atoms with van der Waals surface area (Å²) in [5.74, 6) is -1.17. The number of carbonyl (C=O) groups excluding carboxylic acids is 1. The Kier molecular flexibility index (Phi) is 4.33. The third kappa shape index (κ3) is 2.78. The number of β-lactam (4-membered cyclic amide) rings is 1. The molecule has 0 radical (unpaired) electrons. The number of nitrogens with zero attached hydrogens (tertiary/aromatic N) is 2. The maximum absolute atomic E-state index is 11.8. The Bertz CT molecular complexity index is 790. The molecular weight excluding hydrogens is 356 g/mol. The van der Waals surface area contributed by atoms with Gasteiger partial charge in [-0.25, -0.2) is 4.79 Å². The number of rotatable bonds is 4. The molecule has 2 heterocycles. The lowest BCUT2D eigenvalue weighted by molar-refractivity contribution is -0.384. The van der Waals surface area contributed by atoms with Gasteiger partial charge in [-0.05, 0) is 23.3 Å². The van der Waals surface area contributed by atoms with Gasteiger partial charge in [-0.3, -0.25) is 19.8 Å². The zero-order valence-corrected chi connectivity index (χ0v) is 13.7. The van der Waals surface area contributed by atoms with Gasteiger partial charge in [-0.15, -0.1) is 23.4 Å². The topological polar surface area (TPSA) is 101 Å². The van der Waals surface area contributed by atoms with Gasteiger partial charge in [0.2, 0.25) is 5.91 Å². The van der Waals surface area contributed by atoms with Crippen molar-refractivity contribution >= 4 is 47.0 Å². The number of carbonyl (C=O) groups is 2. The van der Waals surface area contributed by atoms with Crippen molar-refractivity contribution in [3.8, 4) is 0 Å². The van der Waals surface area contributed by atoms with E-state index >= 15 is 0 Å². The van der Waals surface area contributed by atoms with Crippen LogP contribution in [0.2, 0.25) is 0 Å². The van der Waals surface area contributed by atoms with Crippen molar-refractivity contribution in [2.24, 2.45) is 0 Å². The van der Waals surface area contributed by atoms with Gasteiger partial charge in [0.05, 0.1) is 4.92 Å². The summed E-state index contributed by atoms with van der Waals surface area (Å²) in [5, 5.41) is 19.0. The first-order valence-corrected chi connectivity index (χ1v) is 8.36. The number of aliphatic carboxylic acids is 1. The highest BCUT2D eigenvalue weighted by molar-refractivity contribution is 8.00. The number of amides is 1. The van der Waals surface area contributed by atoms with Crippen LogP contribution in [-0.2, 0) is 9.59 Å². The SMILES string of the molecule is O=C(O)C1=C(/C=C/c2ccc([N+](=O)[O-])cc2)CS[C@@H]2[C@@H](Cl)C(=O)N12. The van der Waals surface area contributed by atoms with Crippen molar-refractivity contribution in [2.45, 2.75) is 10.8 Å². The van der Waals surface area contributed by atoms with Gasteiger partial charge in [0.15, 0.2) is 0 Å². The largest absolute Gasteiger partial charge is 0.477 e. The smallest absolute Gasteiger partial charge is 0.352 e. The standard InChI is InChI=1S/C15H11ClN2O5S/c16-11-13(19)17-12(15(20)21)9(7-24-14(11)17)4-1-8-2-5-10(6-3-8)18(22)23/h1-6,11,14H,7H2,(H,20,21)/b4-1+/t11-,14+/m0/s1. The molecule has 124 valence electrons. The summed E-state index contributed by atoms with van der Waals surface area (Å²) in [6.45, 7) is 0. The first kappa shape index (κ1) is 16.5. The number of carboxylic acid groups (broad SMARTS) is 1. The molecule has 24 heavy (non-hydrogen) atoms. The molecule has 0 aliphatic carbocycles. The number of non-ortho nitro benzene ring substituents is 1. The van der Waals surface area contributed by atoms with Crippen molar-refractivity contribution < 1.29 is 19.6 Å². The summed E-state index contributed by atoms with van der Waals surface area (Å²) in [5.41, 5.74) is 1.11. The average molecular weight is 367 g/mol. The lowest BCUT2D eigenvalue weighted by atomic mass is 10.1. The lowest BCUT2D eigenvalue weighted by Crippen LogP contribution is -2.62. The number of halogens is 1. The molecule has 0 unspecified atom stereocenters. The van der Waals surface area contributed by atoms with E-state index in [2.05, 4.69) is 0 Å². The van der Waals surface area contributed by atoms with Crippen molar-refractivity contribution in [2.75, 3.05) is 5.75 Å². The van der Waals surface area contributed by atoms with Crippen LogP contribution in [0.4, 0.5) is 5.69 Å². The second kappa shape index (κ2) is 6.29. The van der Waals surface area contributed by atoms with Gasteiger partial charge in [0.1, 0.15) is 16.4 Å². The summed E-state index contributed by atoms with van der Waals surface area (Å²) in [6, 6.07) is 5.87. The molecule has 0 saturated carbocycles. The number of nitro benzene ring substituents is 1. The zero-order valence-electron chi connectivity index (χ0n) is 12.1. The van der Waals surface area contributed by atoms with E-state index in [0.717, 1.165) is 0 Å². The minimum Gasteiger partial charge on any atom is -0.477 e. The fourth-order valence-corrected chi connectivity index (χ4v) is 4.16. The van der Waals surface area contributed by atoms with Crippen LogP contribution in [0.25, 0.3) is 6.08 Å². The highest BCUT2D eigenvalue weighted by Crippen LogP contribution is 2.42. The molecule has 2 aliphatic heterocycles. The van der Waals surface area contributed by atoms with E-state index in [9.17, 15) is 24.8 Å². The number of benzene rings is 1. The van der Waals surface area contributed by atoms with E-state index < -0.39 is 22.2 Å². The van der Waals surface area contributed by atoms with Gasteiger partial charge >= 0.3 is 5.97 Å². The second-order valence-corrected chi connectivity index (χ2v) is 6.75. The average Bonchev–Trinajstić information content (AvgIpc) is 2.58. The van der Waals surface area contributed by atoms with Crippen LogP contribution in [0.5, 0.6) is 0 Å². The maximum atomic E-state index is 11.8. The minimum atomic E-state index is -1.18. The van der Waals surface area contributed by atoms with Crippen LogP contribution in [0, 0.1) is 10.1 Å². The highest BCUT2D eigenvalue weighted by Gasteiger charge is 2.52. The number of fused-ring (bicyclic) bond motifs is 1. The van der Waals surface area contributed by atoms with E-state index in [1.54, 1.807) is 24.3 Å². The number of thioether (sulfide) groups is 1. The minimum absolute atomic E-state index is 0.0204. The van der Waals surface area contributed by atoms with E-state index in [1.807, 2.05) is 0 Å². The number of nitro groups is 1. The summed E-state index contributed by atoms with van der Waals surface area (Å²) in [4.78, 5) is 34.7. The molecule has 1 saturated heterocycles. The molecule has 1 aromatic rings. The van der Waals surface area contributed by atoms with Crippen LogP contribution in [0.15, 0.2) is 41.6 Å². The van der Waals surface area contributed by atoms with E-state index in [0.29, 0.717) is 16.9 Å². The third-order valence-electron chi connectivity index (χ3n) is 3.72. The Morgan fingerprint density at radius 3 is 2.62 bits per heavy atom. The first-order valence-electron chi connectivity index (χ1n) is 6.88. The Labute approximate surface area is 145 Å². The fraction of sp³-hybridized carbons (Fsp3) is 0.200. The van der Waals surface area contributed by atoms with Gasteiger partial charge in [0.25, 0.3) is 5.69 Å². The van der Waals surface area contributed by atoms with Crippen LogP contribution >= 0.6 is 23.4 Å². The van der Waals surface area contributed by atoms with Gasteiger partial charge in [0, 0.05) is 17.9 Å². The summed E-state index contributed by atoms with van der Waals surface area (Å²) in [7, 11) is 0. The number of hydrogen-bond acceptors (Lipinski definition) is 5. The number of hydrogen-bond donors (Lipinski definition) is 1. The van der Waals surface area contributed by atoms with Crippen molar-refractivity contribution in [3.63, 3.8) is 0 Å². The van der Waals surface area contributed by atoms with E-state index in [4.69, 9.17) is 11.6 Å². The molecule has 1 aromatic carbocycles. The molecule has 2 atom stereocenters. The third-order valence-corrected chi connectivity index (χ3v) is 5.59. The van der Waals surface area contributed by atoms with Gasteiger partial charge in [-0.2, -0.15) is 0 Å². The van der Waals surface area contributed by atoms with Crippen LogP contribution < -0.4 is 0 Å². The number of alkyl halides is 1. The molecule has 1 amide bonds. The number of allylic oxidation sites excluding steroid dienone is 1. The molecule has 1 N–H and O–H groups in total. The zero-order chi connectivity index (χ0) is 17.4. The molecule has 3 rings (SSSR count). The van der Waals surface area contributed by atoms with Gasteiger partial charge < -0.3 is 5.11 Å². The fourth-order valence-electron chi connectivity index (χ4n) is 2.50. The Morgan fingerprint density at radius 2 is 2.04 bits per heavy atom.